The molecule has 2 atom stereocenters. The first-order valence-electron chi connectivity index (χ1n) is 7.16. The van der Waals surface area contributed by atoms with Crippen LogP contribution in [0.25, 0.3) is 0 Å². The van der Waals surface area contributed by atoms with Gasteiger partial charge >= 0.3 is 8.56 Å². The minimum absolute atomic E-state index is 0.195. The summed E-state index contributed by atoms with van der Waals surface area (Å²) >= 11 is 0. The lowest BCUT2D eigenvalue weighted by Gasteiger charge is -2.39. The van der Waals surface area contributed by atoms with Gasteiger partial charge in [0.15, 0.2) is 16.6 Å². The third kappa shape index (κ3) is 9.94. The van der Waals surface area contributed by atoms with Crippen LogP contribution in [0.5, 0.6) is 0 Å². The first kappa shape index (κ1) is 19.5. The quantitative estimate of drug-likeness (QED) is 0.674. The molecule has 0 rings (SSSR count). The van der Waals surface area contributed by atoms with Crippen molar-refractivity contribution >= 4 is 25.2 Å². The molecule has 0 aliphatic carbocycles. The molecule has 0 radical (unpaired) electrons. The van der Waals surface area contributed by atoms with E-state index in [0.717, 1.165) is 12.1 Å². The average Bonchev–Trinajstić information content (AvgIpc) is 1.89. The lowest BCUT2D eigenvalue weighted by Crippen LogP contribution is -2.54. The number of rotatable bonds is 8. The van der Waals surface area contributed by atoms with Crippen molar-refractivity contribution in [3.8, 4) is 0 Å². The van der Waals surface area contributed by atoms with Gasteiger partial charge in [-0.3, -0.25) is 0 Å². The van der Waals surface area contributed by atoms with Gasteiger partial charge in [0.1, 0.15) is 0 Å². The smallest absolute Gasteiger partial charge is 0.311 e. The molecular weight excluding hydrogens is 288 g/mol. The summed E-state index contributed by atoms with van der Waals surface area (Å²) in [5, 5.41) is 0. The van der Waals surface area contributed by atoms with Gasteiger partial charge in [0, 0.05) is 12.1 Å². The van der Waals surface area contributed by atoms with Gasteiger partial charge in [-0.25, -0.2) is 0 Å². The Labute approximate surface area is 122 Å². The van der Waals surface area contributed by atoms with E-state index in [1.807, 2.05) is 13.8 Å². The van der Waals surface area contributed by atoms with Crippen LogP contribution in [0.2, 0.25) is 51.4 Å². The number of hydrogen-bond donors (Lipinski definition) is 2. The standard InChI is InChI=1S/C12H34N2O2Si3/c1-11(13)9-17(3,4)15-19(7,8)16-18(5,6)10-12(2)14/h11-12H,9-10,13-14H2,1-8H3. The lowest BCUT2D eigenvalue weighted by atomic mass is 10.4. The van der Waals surface area contributed by atoms with E-state index in [1.54, 1.807) is 0 Å². The van der Waals surface area contributed by atoms with E-state index >= 15 is 0 Å². The van der Waals surface area contributed by atoms with Crippen molar-refractivity contribution in [3.63, 3.8) is 0 Å². The summed E-state index contributed by atoms with van der Waals surface area (Å²) in [6, 6.07) is 2.34. The van der Waals surface area contributed by atoms with Gasteiger partial charge < -0.3 is 19.7 Å². The van der Waals surface area contributed by atoms with Crippen LogP contribution in [-0.4, -0.2) is 37.3 Å². The highest BCUT2D eigenvalue weighted by molar-refractivity contribution is 6.87. The second kappa shape index (κ2) is 6.97. The molecule has 19 heavy (non-hydrogen) atoms. The topological polar surface area (TPSA) is 70.5 Å². The predicted octanol–water partition coefficient (Wildman–Crippen LogP) is 2.83. The van der Waals surface area contributed by atoms with Crippen molar-refractivity contribution in [1.82, 2.24) is 0 Å². The van der Waals surface area contributed by atoms with Crippen LogP contribution in [0, 0.1) is 0 Å². The molecule has 7 heteroatoms. The molecule has 0 spiro atoms. The van der Waals surface area contributed by atoms with Crippen molar-refractivity contribution < 1.29 is 8.23 Å². The van der Waals surface area contributed by atoms with Crippen LogP contribution >= 0.6 is 0 Å². The van der Waals surface area contributed by atoms with Crippen LogP contribution in [-0.2, 0) is 8.23 Å². The maximum absolute atomic E-state index is 6.42. The van der Waals surface area contributed by atoms with Crippen LogP contribution in [0.4, 0.5) is 0 Å². The number of hydrogen-bond acceptors (Lipinski definition) is 4. The highest BCUT2D eigenvalue weighted by Gasteiger charge is 2.40. The van der Waals surface area contributed by atoms with E-state index in [2.05, 4.69) is 39.3 Å². The van der Waals surface area contributed by atoms with Gasteiger partial charge in [0.2, 0.25) is 0 Å². The van der Waals surface area contributed by atoms with E-state index in [-0.39, 0.29) is 12.1 Å². The number of nitrogens with two attached hydrogens (primary N) is 2. The Balaban J connectivity index is 4.62. The van der Waals surface area contributed by atoms with Crippen LogP contribution in [0.1, 0.15) is 13.8 Å². The van der Waals surface area contributed by atoms with Crippen molar-refractivity contribution in [3.05, 3.63) is 0 Å². The van der Waals surface area contributed by atoms with Gasteiger partial charge in [-0.05, 0) is 51.4 Å². The zero-order chi connectivity index (χ0) is 15.5. The van der Waals surface area contributed by atoms with Gasteiger partial charge in [-0.1, -0.05) is 13.8 Å². The van der Waals surface area contributed by atoms with Gasteiger partial charge in [0.25, 0.3) is 0 Å². The molecule has 0 aromatic heterocycles. The fraction of sp³-hybridized carbons (Fsp3) is 1.00. The highest BCUT2D eigenvalue weighted by Crippen LogP contribution is 2.25. The maximum Gasteiger partial charge on any atom is 0.311 e. The molecule has 0 aliphatic rings. The first-order valence-corrected chi connectivity index (χ1v) is 16.2. The lowest BCUT2D eigenvalue weighted by molar-refractivity contribution is 0.385. The van der Waals surface area contributed by atoms with Crippen molar-refractivity contribution in [2.75, 3.05) is 0 Å². The Morgan fingerprint density at radius 1 is 0.737 bits per heavy atom. The van der Waals surface area contributed by atoms with E-state index < -0.39 is 25.2 Å². The van der Waals surface area contributed by atoms with E-state index in [9.17, 15) is 0 Å². The maximum atomic E-state index is 6.42. The minimum atomic E-state index is -2.10. The highest BCUT2D eigenvalue weighted by atomic mass is 28.5. The summed E-state index contributed by atoms with van der Waals surface area (Å²) in [6.07, 6.45) is 0. The molecule has 0 bridgehead atoms. The fourth-order valence-electron chi connectivity index (χ4n) is 2.99. The van der Waals surface area contributed by atoms with Gasteiger partial charge in [-0.2, -0.15) is 0 Å². The summed E-state index contributed by atoms with van der Waals surface area (Å²) in [5.41, 5.74) is 11.8. The zero-order valence-electron chi connectivity index (χ0n) is 14.0. The normalized spacial score (nSPS) is 17.4. The van der Waals surface area contributed by atoms with Crippen molar-refractivity contribution in [1.29, 1.82) is 0 Å². The summed E-state index contributed by atoms with van der Waals surface area (Å²) in [7, 11) is -5.57. The Morgan fingerprint density at radius 2 is 1.00 bits per heavy atom. The Kier molecular flexibility index (Phi) is 7.15. The van der Waals surface area contributed by atoms with Crippen molar-refractivity contribution in [2.24, 2.45) is 11.5 Å². The monoisotopic (exact) mass is 322 g/mol. The summed E-state index contributed by atoms with van der Waals surface area (Å²) < 4.78 is 12.8. The van der Waals surface area contributed by atoms with E-state index in [4.69, 9.17) is 19.7 Å². The molecule has 4 N–H and O–H groups in total. The van der Waals surface area contributed by atoms with Crippen LogP contribution in [0.15, 0.2) is 0 Å². The van der Waals surface area contributed by atoms with E-state index in [1.165, 1.54) is 0 Å². The largest absolute Gasteiger partial charge is 0.436 e. The molecule has 0 saturated heterocycles. The third-order valence-electron chi connectivity index (χ3n) is 2.67. The van der Waals surface area contributed by atoms with Gasteiger partial charge in [0.05, 0.1) is 0 Å². The molecule has 4 nitrogen and oxygen atoms in total. The molecule has 0 aliphatic heterocycles. The Morgan fingerprint density at radius 3 is 1.21 bits per heavy atom. The average molecular weight is 323 g/mol. The molecule has 0 heterocycles. The Hall–Kier alpha value is 0.491. The molecule has 0 saturated carbocycles. The second-order valence-electron chi connectivity index (χ2n) is 7.49. The van der Waals surface area contributed by atoms with Crippen LogP contribution < -0.4 is 11.5 Å². The summed E-state index contributed by atoms with van der Waals surface area (Å²) in [4.78, 5) is 0. The molecule has 116 valence electrons. The molecule has 2 unspecified atom stereocenters. The predicted molar refractivity (Wildman–Crippen MR) is 91.5 cm³/mol. The fourth-order valence-corrected chi connectivity index (χ4v) is 17.9. The molecule has 0 aromatic carbocycles. The molecular formula is C12H34N2O2Si3. The Bertz CT molecular complexity index is 256. The molecule has 0 amide bonds. The third-order valence-corrected chi connectivity index (χ3v) is 14.3. The first-order chi connectivity index (χ1) is 8.25. The minimum Gasteiger partial charge on any atom is -0.436 e. The van der Waals surface area contributed by atoms with E-state index in [0.29, 0.717) is 0 Å². The molecule has 0 aromatic rings. The molecule has 0 fully saturated rings. The van der Waals surface area contributed by atoms with Crippen LogP contribution in [0.3, 0.4) is 0 Å². The summed E-state index contributed by atoms with van der Waals surface area (Å²) in [5.74, 6) is 0. The summed E-state index contributed by atoms with van der Waals surface area (Å²) in [6.45, 7) is 17.3. The zero-order valence-corrected chi connectivity index (χ0v) is 17.0. The van der Waals surface area contributed by atoms with Gasteiger partial charge in [-0.15, -0.1) is 0 Å². The SMILES string of the molecule is CC(N)C[Si](C)(C)O[Si](C)(C)O[Si](C)(C)CC(C)N. The van der Waals surface area contributed by atoms with Crippen molar-refractivity contribution in [2.45, 2.75) is 77.3 Å². The second-order valence-corrected chi connectivity index (χ2v) is 19.8.